The van der Waals surface area contributed by atoms with Gasteiger partial charge in [0.05, 0.1) is 16.6 Å². The SMILES string of the molecule is CCc1c2[nH]c3ccccc3c2cc2nc3cc(C)c(C)cc3n12. The predicted molar refractivity (Wildman–Crippen MR) is 101 cm³/mol. The van der Waals surface area contributed by atoms with Gasteiger partial charge in [0.2, 0.25) is 0 Å². The molecule has 0 bridgehead atoms. The summed E-state index contributed by atoms with van der Waals surface area (Å²) in [7, 11) is 0. The third kappa shape index (κ3) is 1.64. The molecule has 0 aliphatic heterocycles. The highest BCUT2D eigenvalue weighted by atomic mass is 15.0. The van der Waals surface area contributed by atoms with E-state index in [2.05, 4.69) is 72.6 Å². The molecule has 5 aromatic rings. The smallest absolute Gasteiger partial charge is 0.138 e. The number of nitrogens with zero attached hydrogens (tertiary/aromatic N) is 2. The number of aryl methyl sites for hydroxylation is 3. The Morgan fingerprint density at radius 2 is 1.79 bits per heavy atom. The number of pyridine rings is 1. The first-order chi connectivity index (χ1) is 11.7. The van der Waals surface area contributed by atoms with Gasteiger partial charge in [-0.2, -0.15) is 0 Å². The zero-order valence-corrected chi connectivity index (χ0v) is 14.1. The maximum atomic E-state index is 4.91. The molecule has 24 heavy (non-hydrogen) atoms. The number of aromatic nitrogens is 3. The van der Waals surface area contributed by atoms with E-state index in [1.165, 1.54) is 44.1 Å². The largest absolute Gasteiger partial charge is 0.353 e. The van der Waals surface area contributed by atoms with Crippen LogP contribution in [0.25, 0.3) is 38.5 Å². The van der Waals surface area contributed by atoms with E-state index in [9.17, 15) is 0 Å². The Labute approximate surface area is 139 Å². The average molecular weight is 313 g/mol. The number of fused-ring (bicyclic) bond motifs is 6. The molecule has 5 rings (SSSR count). The van der Waals surface area contributed by atoms with E-state index in [0.29, 0.717) is 0 Å². The maximum Gasteiger partial charge on any atom is 0.138 e. The zero-order valence-electron chi connectivity index (χ0n) is 14.1. The van der Waals surface area contributed by atoms with Crippen LogP contribution in [0.3, 0.4) is 0 Å². The molecule has 0 saturated carbocycles. The summed E-state index contributed by atoms with van der Waals surface area (Å²) < 4.78 is 2.32. The number of hydrogen-bond acceptors (Lipinski definition) is 1. The zero-order chi connectivity index (χ0) is 16.4. The second-order valence-corrected chi connectivity index (χ2v) is 6.63. The number of aromatic amines is 1. The Hall–Kier alpha value is -2.81. The number of rotatable bonds is 1. The standard InChI is InChI=1S/C21H19N3/c1-4-18-21-15(14-7-5-6-8-16(14)23-21)11-20-22-17-9-12(2)13(3)10-19(17)24(18)20/h5-11,23H,4H2,1-3H3. The van der Waals surface area contributed by atoms with Crippen molar-refractivity contribution in [3.8, 4) is 0 Å². The summed E-state index contributed by atoms with van der Waals surface area (Å²) in [6, 6.07) is 15.2. The minimum Gasteiger partial charge on any atom is -0.353 e. The van der Waals surface area contributed by atoms with E-state index in [0.717, 1.165) is 17.6 Å². The van der Waals surface area contributed by atoms with Crippen LogP contribution in [0, 0.1) is 13.8 Å². The third-order valence-electron chi connectivity index (χ3n) is 5.21. The van der Waals surface area contributed by atoms with E-state index in [4.69, 9.17) is 4.98 Å². The quantitative estimate of drug-likeness (QED) is 0.447. The fraction of sp³-hybridized carbons (Fsp3) is 0.190. The second kappa shape index (κ2) is 4.60. The minimum atomic E-state index is 0.957. The summed E-state index contributed by atoms with van der Waals surface area (Å²) in [6.07, 6.45) is 0.957. The summed E-state index contributed by atoms with van der Waals surface area (Å²) in [5.74, 6) is 0. The van der Waals surface area contributed by atoms with Crippen molar-refractivity contribution in [2.24, 2.45) is 0 Å². The molecule has 0 atom stereocenters. The van der Waals surface area contributed by atoms with Crippen molar-refractivity contribution >= 4 is 38.5 Å². The summed E-state index contributed by atoms with van der Waals surface area (Å²) in [5, 5.41) is 2.53. The second-order valence-electron chi connectivity index (χ2n) is 6.63. The van der Waals surface area contributed by atoms with Crippen LogP contribution in [-0.4, -0.2) is 14.4 Å². The summed E-state index contributed by atoms with van der Waals surface area (Å²) >= 11 is 0. The minimum absolute atomic E-state index is 0.957. The highest BCUT2D eigenvalue weighted by Crippen LogP contribution is 2.32. The van der Waals surface area contributed by atoms with Gasteiger partial charge in [-0.25, -0.2) is 4.98 Å². The molecule has 3 aromatic heterocycles. The number of H-pyrrole nitrogens is 1. The van der Waals surface area contributed by atoms with Crippen LogP contribution in [0.2, 0.25) is 0 Å². The van der Waals surface area contributed by atoms with Crippen LogP contribution >= 0.6 is 0 Å². The lowest BCUT2D eigenvalue weighted by molar-refractivity contribution is 1.01. The normalized spacial score (nSPS) is 12.1. The maximum absolute atomic E-state index is 4.91. The van der Waals surface area contributed by atoms with Gasteiger partial charge in [0.25, 0.3) is 0 Å². The number of hydrogen-bond donors (Lipinski definition) is 1. The van der Waals surface area contributed by atoms with Crippen LogP contribution in [0.1, 0.15) is 23.7 Å². The molecule has 3 heterocycles. The number of benzene rings is 2. The molecule has 0 amide bonds. The molecule has 0 aliphatic rings. The van der Waals surface area contributed by atoms with Crippen molar-refractivity contribution in [1.29, 1.82) is 0 Å². The molecule has 118 valence electrons. The molecule has 3 heteroatoms. The Morgan fingerprint density at radius 1 is 1.00 bits per heavy atom. The molecule has 0 fully saturated rings. The van der Waals surface area contributed by atoms with Crippen molar-refractivity contribution in [3.05, 3.63) is 59.3 Å². The van der Waals surface area contributed by atoms with Crippen molar-refractivity contribution in [2.75, 3.05) is 0 Å². The van der Waals surface area contributed by atoms with Crippen molar-refractivity contribution in [2.45, 2.75) is 27.2 Å². The Morgan fingerprint density at radius 3 is 2.62 bits per heavy atom. The van der Waals surface area contributed by atoms with Crippen LogP contribution in [0.5, 0.6) is 0 Å². The van der Waals surface area contributed by atoms with Gasteiger partial charge in [-0.15, -0.1) is 0 Å². The molecule has 3 nitrogen and oxygen atoms in total. The van der Waals surface area contributed by atoms with Crippen LogP contribution in [0.15, 0.2) is 42.5 Å². The van der Waals surface area contributed by atoms with E-state index in [-0.39, 0.29) is 0 Å². The van der Waals surface area contributed by atoms with Crippen molar-refractivity contribution in [1.82, 2.24) is 14.4 Å². The van der Waals surface area contributed by atoms with E-state index >= 15 is 0 Å². The first-order valence-electron chi connectivity index (χ1n) is 8.49. The third-order valence-corrected chi connectivity index (χ3v) is 5.21. The van der Waals surface area contributed by atoms with Crippen LogP contribution < -0.4 is 0 Å². The van der Waals surface area contributed by atoms with Gasteiger partial charge >= 0.3 is 0 Å². The monoisotopic (exact) mass is 313 g/mol. The van der Waals surface area contributed by atoms with E-state index < -0.39 is 0 Å². The first kappa shape index (κ1) is 13.6. The van der Waals surface area contributed by atoms with Gasteiger partial charge in [0, 0.05) is 22.0 Å². The Kier molecular flexibility index (Phi) is 2.61. The van der Waals surface area contributed by atoms with Crippen LogP contribution in [-0.2, 0) is 6.42 Å². The molecular weight excluding hydrogens is 294 g/mol. The van der Waals surface area contributed by atoms with Gasteiger partial charge in [0.1, 0.15) is 5.65 Å². The number of nitrogens with one attached hydrogen (secondary N) is 1. The van der Waals surface area contributed by atoms with Gasteiger partial charge in [0.15, 0.2) is 0 Å². The van der Waals surface area contributed by atoms with E-state index in [1.807, 2.05) is 0 Å². The lowest BCUT2D eigenvalue weighted by atomic mass is 10.1. The fourth-order valence-electron chi connectivity index (χ4n) is 3.85. The topological polar surface area (TPSA) is 33.1 Å². The van der Waals surface area contributed by atoms with Crippen molar-refractivity contribution < 1.29 is 0 Å². The van der Waals surface area contributed by atoms with Crippen molar-refractivity contribution in [3.63, 3.8) is 0 Å². The lowest BCUT2D eigenvalue weighted by Crippen LogP contribution is -1.97. The lowest BCUT2D eigenvalue weighted by Gasteiger charge is -2.07. The summed E-state index contributed by atoms with van der Waals surface area (Å²) in [5.41, 5.74) is 9.61. The van der Waals surface area contributed by atoms with Crippen LogP contribution in [0.4, 0.5) is 0 Å². The summed E-state index contributed by atoms with van der Waals surface area (Å²) in [4.78, 5) is 8.53. The molecular formula is C21H19N3. The number of para-hydroxylation sites is 1. The molecule has 0 spiro atoms. The molecule has 0 saturated heterocycles. The molecule has 2 aromatic carbocycles. The predicted octanol–water partition coefficient (Wildman–Crippen LogP) is 5.30. The average Bonchev–Trinajstić information content (AvgIpc) is 3.11. The highest BCUT2D eigenvalue weighted by Gasteiger charge is 2.15. The Balaban J connectivity index is 2.06. The van der Waals surface area contributed by atoms with Gasteiger partial charge in [-0.05, 0) is 55.7 Å². The summed E-state index contributed by atoms with van der Waals surface area (Å²) in [6.45, 7) is 6.53. The molecule has 0 aliphatic carbocycles. The first-order valence-corrected chi connectivity index (χ1v) is 8.49. The number of imidazole rings is 1. The van der Waals surface area contributed by atoms with Gasteiger partial charge < -0.3 is 4.98 Å². The van der Waals surface area contributed by atoms with Gasteiger partial charge in [-0.3, -0.25) is 4.40 Å². The molecule has 1 N–H and O–H groups in total. The highest BCUT2D eigenvalue weighted by molar-refractivity contribution is 6.09. The fourth-order valence-corrected chi connectivity index (χ4v) is 3.85. The van der Waals surface area contributed by atoms with Gasteiger partial charge in [-0.1, -0.05) is 25.1 Å². The molecule has 0 unspecified atom stereocenters. The van der Waals surface area contributed by atoms with E-state index in [1.54, 1.807) is 0 Å². The molecule has 0 radical (unpaired) electrons. The Bertz CT molecular complexity index is 1250.